The zero-order valence-electron chi connectivity index (χ0n) is 16.4. The number of nitrogens with one attached hydrogen (secondary N) is 1. The second-order valence-corrected chi connectivity index (χ2v) is 6.85. The fourth-order valence-corrected chi connectivity index (χ4v) is 1.90. The van der Waals surface area contributed by atoms with Gasteiger partial charge in [-0.1, -0.05) is 60.7 Å². The van der Waals surface area contributed by atoms with Crippen LogP contribution in [0.4, 0.5) is 26.3 Å². The van der Waals surface area contributed by atoms with Gasteiger partial charge in [-0.05, 0) is 31.9 Å². The van der Waals surface area contributed by atoms with Crippen LogP contribution in [0.1, 0.15) is 31.9 Å². The maximum atomic E-state index is 12.5. The molecule has 2 nitrogen and oxygen atoms in total. The van der Waals surface area contributed by atoms with Crippen LogP contribution in [0, 0.1) is 0 Å². The molecule has 0 saturated carbocycles. The van der Waals surface area contributed by atoms with Crippen LogP contribution in [-0.4, -0.2) is 23.6 Å². The molecule has 0 aliphatic rings. The van der Waals surface area contributed by atoms with Crippen LogP contribution in [0.25, 0.3) is 0 Å². The van der Waals surface area contributed by atoms with E-state index in [1.165, 1.54) is 0 Å². The van der Waals surface area contributed by atoms with Gasteiger partial charge in [0.25, 0.3) is 0 Å². The van der Waals surface area contributed by atoms with Crippen molar-refractivity contribution in [2.24, 2.45) is 4.99 Å². The molecule has 1 N–H and O–H groups in total. The van der Waals surface area contributed by atoms with Gasteiger partial charge in [0.1, 0.15) is 11.3 Å². The predicted molar refractivity (Wildman–Crippen MR) is 103 cm³/mol. The molecule has 0 bridgehead atoms. The second-order valence-electron chi connectivity index (χ2n) is 6.85. The lowest BCUT2D eigenvalue weighted by Crippen LogP contribution is -2.51. The van der Waals surface area contributed by atoms with Crippen molar-refractivity contribution in [2.75, 3.05) is 0 Å². The first-order valence-electron chi connectivity index (χ1n) is 8.81. The van der Waals surface area contributed by atoms with E-state index in [4.69, 9.17) is 0 Å². The van der Waals surface area contributed by atoms with Crippen molar-refractivity contribution >= 4 is 5.71 Å². The van der Waals surface area contributed by atoms with Crippen molar-refractivity contribution in [3.63, 3.8) is 0 Å². The molecule has 0 aliphatic carbocycles. The highest BCUT2D eigenvalue weighted by Crippen LogP contribution is 2.29. The molecule has 0 aromatic heterocycles. The molecule has 2 aromatic carbocycles. The highest BCUT2D eigenvalue weighted by Gasteiger charge is 2.46. The normalized spacial score (nSPS) is 12.9. The van der Waals surface area contributed by atoms with E-state index in [0.29, 0.717) is 0 Å². The Morgan fingerprint density at radius 2 is 1.24 bits per heavy atom. The standard InChI is InChI=1S/C11H14F3N.C10H10F3N/c1-10(2,11(12,13)14)15-8-9-6-4-3-5-7-9;1-8(10(11,12)13)14-7-9-5-3-2-4-6-9/h3-7,15H,8H2,1-2H3;2-6H,7H2,1H3. The topological polar surface area (TPSA) is 24.4 Å². The van der Waals surface area contributed by atoms with Gasteiger partial charge >= 0.3 is 12.4 Å². The minimum absolute atomic E-state index is 0.0756. The summed E-state index contributed by atoms with van der Waals surface area (Å²) in [6, 6.07) is 17.9. The van der Waals surface area contributed by atoms with Crippen LogP contribution in [0.2, 0.25) is 0 Å². The molecular weight excluding hydrogens is 394 g/mol. The summed E-state index contributed by atoms with van der Waals surface area (Å²) >= 11 is 0. The van der Waals surface area contributed by atoms with Gasteiger partial charge in [0.15, 0.2) is 0 Å². The summed E-state index contributed by atoms with van der Waals surface area (Å²) < 4.78 is 73.5. The van der Waals surface area contributed by atoms with Gasteiger partial charge in [-0.3, -0.25) is 10.3 Å². The molecule has 160 valence electrons. The number of nitrogens with zero attached hydrogens (tertiary/aromatic N) is 1. The highest BCUT2D eigenvalue weighted by atomic mass is 19.4. The second kappa shape index (κ2) is 10.4. The third kappa shape index (κ3) is 9.13. The van der Waals surface area contributed by atoms with Crippen molar-refractivity contribution in [2.45, 2.75) is 51.8 Å². The quantitative estimate of drug-likeness (QED) is 0.446. The maximum Gasteiger partial charge on any atom is 0.428 e. The zero-order chi connectivity index (χ0) is 22.1. The van der Waals surface area contributed by atoms with Crippen molar-refractivity contribution in [3.8, 4) is 0 Å². The summed E-state index contributed by atoms with van der Waals surface area (Å²) in [5, 5.41) is 2.49. The molecule has 29 heavy (non-hydrogen) atoms. The smallest absolute Gasteiger partial charge is 0.300 e. The lowest BCUT2D eigenvalue weighted by Gasteiger charge is -2.29. The third-order valence-electron chi connectivity index (χ3n) is 4.04. The van der Waals surface area contributed by atoms with Crippen LogP contribution < -0.4 is 5.32 Å². The lowest BCUT2D eigenvalue weighted by molar-refractivity contribution is -0.186. The monoisotopic (exact) mass is 418 g/mol. The highest BCUT2D eigenvalue weighted by molar-refractivity contribution is 5.87. The molecular formula is C21H24F6N2. The van der Waals surface area contributed by atoms with Gasteiger partial charge in [0, 0.05) is 6.54 Å². The Labute approximate surface area is 166 Å². The number of halogens is 6. The van der Waals surface area contributed by atoms with Gasteiger partial charge in [0.2, 0.25) is 0 Å². The summed E-state index contributed by atoms with van der Waals surface area (Å²) in [6.45, 7) is 3.54. The van der Waals surface area contributed by atoms with Crippen molar-refractivity contribution in [1.29, 1.82) is 0 Å². The van der Waals surface area contributed by atoms with Gasteiger partial charge < -0.3 is 0 Å². The van der Waals surface area contributed by atoms with Gasteiger partial charge in [-0.25, -0.2) is 0 Å². The van der Waals surface area contributed by atoms with Crippen LogP contribution in [0.5, 0.6) is 0 Å². The molecule has 0 saturated heterocycles. The first-order valence-corrected chi connectivity index (χ1v) is 8.81. The summed E-state index contributed by atoms with van der Waals surface area (Å²) in [5.41, 5.74) is -1.03. The Morgan fingerprint density at radius 1 is 0.793 bits per heavy atom. The summed E-state index contributed by atoms with van der Waals surface area (Å²) in [5.74, 6) is 0. The SMILES string of the molecule is CC(=NCc1ccccc1)C(F)(F)F.CC(C)(NCc1ccccc1)C(F)(F)F. The maximum absolute atomic E-state index is 12.5. The molecule has 0 heterocycles. The Kier molecular flexibility index (Phi) is 8.88. The van der Waals surface area contributed by atoms with E-state index < -0.39 is 23.6 Å². The minimum Gasteiger partial charge on any atom is -0.300 e. The lowest BCUT2D eigenvalue weighted by atomic mass is 10.0. The van der Waals surface area contributed by atoms with E-state index in [0.717, 1.165) is 31.9 Å². The van der Waals surface area contributed by atoms with Crippen molar-refractivity contribution < 1.29 is 26.3 Å². The van der Waals surface area contributed by atoms with Crippen LogP contribution in [0.15, 0.2) is 65.7 Å². The zero-order valence-corrected chi connectivity index (χ0v) is 16.4. The summed E-state index contributed by atoms with van der Waals surface area (Å²) in [7, 11) is 0. The molecule has 0 radical (unpaired) electrons. The van der Waals surface area contributed by atoms with Crippen LogP contribution in [-0.2, 0) is 13.1 Å². The van der Waals surface area contributed by atoms with Gasteiger partial charge in [0.05, 0.1) is 6.54 Å². The minimum atomic E-state index is -4.31. The Morgan fingerprint density at radius 3 is 1.66 bits per heavy atom. The van der Waals surface area contributed by atoms with Crippen LogP contribution >= 0.6 is 0 Å². The predicted octanol–water partition coefficient (Wildman–Crippen LogP) is 6.33. The summed E-state index contributed by atoms with van der Waals surface area (Å²) in [6.07, 6.45) is -8.55. The van der Waals surface area contributed by atoms with Gasteiger partial charge in [-0.2, -0.15) is 26.3 Å². The Hall–Kier alpha value is -2.35. The average molecular weight is 418 g/mol. The first kappa shape index (κ1) is 24.7. The molecule has 8 heteroatoms. The van der Waals surface area contributed by atoms with E-state index in [2.05, 4.69) is 10.3 Å². The number of hydrogen-bond acceptors (Lipinski definition) is 2. The summed E-state index contributed by atoms with van der Waals surface area (Å²) in [4.78, 5) is 3.46. The van der Waals surface area contributed by atoms with E-state index in [9.17, 15) is 26.3 Å². The number of rotatable bonds is 5. The molecule has 2 aromatic rings. The third-order valence-corrected chi connectivity index (χ3v) is 4.04. The molecule has 0 atom stereocenters. The molecule has 0 spiro atoms. The first-order chi connectivity index (χ1) is 13.3. The fraction of sp³-hybridized carbons (Fsp3) is 0.381. The number of benzene rings is 2. The molecule has 2 rings (SSSR count). The molecule has 0 aliphatic heterocycles. The largest absolute Gasteiger partial charge is 0.428 e. The van der Waals surface area contributed by atoms with E-state index >= 15 is 0 Å². The van der Waals surface area contributed by atoms with E-state index in [1.807, 2.05) is 12.1 Å². The van der Waals surface area contributed by atoms with Crippen molar-refractivity contribution in [1.82, 2.24) is 5.32 Å². The Bertz CT molecular complexity index is 750. The van der Waals surface area contributed by atoms with E-state index in [1.54, 1.807) is 48.5 Å². The molecule has 0 fully saturated rings. The van der Waals surface area contributed by atoms with Crippen molar-refractivity contribution in [3.05, 3.63) is 71.8 Å². The average Bonchev–Trinajstić information content (AvgIpc) is 2.65. The van der Waals surface area contributed by atoms with Crippen LogP contribution in [0.3, 0.4) is 0 Å². The van der Waals surface area contributed by atoms with Gasteiger partial charge in [-0.15, -0.1) is 0 Å². The Balaban J connectivity index is 0.000000291. The molecule has 0 amide bonds. The number of alkyl halides is 6. The number of hydrogen-bond donors (Lipinski definition) is 1. The molecule has 0 unspecified atom stereocenters. The number of aliphatic imine (C=N–C) groups is 1. The van der Waals surface area contributed by atoms with E-state index in [-0.39, 0.29) is 13.1 Å². The fourth-order valence-electron chi connectivity index (χ4n) is 1.90.